The molecule has 0 saturated carbocycles. The van der Waals surface area contributed by atoms with Crippen molar-refractivity contribution in [3.05, 3.63) is 54.1 Å². The topological polar surface area (TPSA) is 72.1 Å². The van der Waals surface area contributed by atoms with Crippen molar-refractivity contribution in [1.29, 1.82) is 0 Å². The zero-order valence-electron chi connectivity index (χ0n) is 12.9. The predicted molar refractivity (Wildman–Crippen MR) is 84.8 cm³/mol. The second-order valence-corrected chi connectivity index (χ2v) is 7.55. The number of halogens is 3. The van der Waals surface area contributed by atoms with E-state index in [4.69, 9.17) is 0 Å². The Morgan fingerprint density at radius 3 is 2.32 bits per heavy atom. The third-order valence-corrected chi connectivity index (χ3v) is 5.62. The smallest absolute Gasteiger partial charge is 0.406 e. The predicted octanol–water partition coefficient (Wildman–Crippen LogP) is 4.00. The number of hydrogen-bond donors (Lipinski definition) is 1. The minimum absolute atomic E-state index is 0.184. The van der Waals surface area contributed by atoms with Crippen molar-refractivity contribution in [3.63, 3.8) is 0 Å². The normalized spacial score (nSPS) is 13.8. The molecule has 132 valence electrons. The lowest BCUT2D eigenvalue weighted by Crippen LogP contribution is -2.17. The molecule has 3 rings (SSSR count). The van der Waals surface area contributed by atoms with E-state index in [1.165, 1.54) is 19.1 Å². The highest BCUT2D eigenvalue weighted by molar-refractivity contribution is 7.91. The number of alkyl halides is 3. The molecular formula is C16H13F3N2O3S. The third kappa shape index (κ3) is 3.60. The molecule has 1 heterocycles. The largest absolute Gasteiger partial charge is 0.573 e. The molecule has 5 nitrogen and oxygen atoms in total. The van der Waals surface area contributed by atoms with Crippen LogP contribution in [0.5, 0.6) is 5.75 Å². The van der Waals surface area contributed by atoms with Gasteiger partial charge in [-0.1, -0.05) is 24.3 Å². The number of nitrogens with one attached hydrogen (secondary N) is 1. The molecule has 0 radical (unpaired) electrons. The Labute approximate surface area is 141 Å². The zero-order chi connectivity index (χ0) is 18.2. The standard InChI is InChI=1S/C16H13F3N2O3S/c1-10(11-6-8-12(9-7-11)24-16(17,18)19)25(22,23)15-20-13-4-2-3-5-14(13)21-15/h2-10H,1H3,(H,20,21)/t10-/m1/s1. The van der Waals surface area contributed by atoms with Gasteiger partial charge in [-0.15, -0.1) is 13.2 Å². The van der Waals surface area contributed by atoms with Gasteiger partial charge in [0.25, 0.3) is 0 Å². The summed E-state index contributed by atoms with van der Waals surface area (Å²) < 4.78 is 65.7. The minimum atomic E-state index is -4.80. The van der Waals surface area contributed by atoms with E-state index in [0.717, 1.165) is 12.1 Å². The summed E-state index contributed by atoms with van der Waals surface area (Å²) in [6.07, 6.45) is -4.80. The molecule has 0 saturated heterocycles. The summed E-state index contributed by atoms with van der Waals surface area (Å²) in [6, 6.07) is 11.6. The van der Waals surface area contributed by atoms with Gasteiger partial charge in [0.05, 0.1) is 16.3 Å². The monoisotopic (exact) mass is 370 g/mol. The molecule has 0 aliphatic heterocycles. The molecule has 25 heavy (non-hydrogen) atoms. The van der Waals surface area contributed by atoms with E-state index >= 15 is 0 Å². The fourth-order valence-electron chi connectivity index (χ4n) is 2.35. The Hall–Kier alpha value is -2.55. The summed E-state index contributed by atoms with van der Waals surface area (Å²) in [6.45, 7) is 1.45. The maximum Gasteiger partial charge on any atom is 0.573 e. The molecule has 0 amide bonds. The molecule has 0 spiro atoms. The number of sulfone groups is 1. The fraction of sp³-hybridized carbons (Fsp3) is 0.188. The van der Waals surface area contributed by atoms with Crippen molar-refractivity contribution in [1.82, 2.24) is 9.97 Å². The first kappa shape index (κ1) is 17.3. The Bertz CT molecular complexity index is 962. The number of benzene rings is 2. The van der Waals surface area contributed by atoms with Crippen molar-refractivity contribution in [2.24, 2.45) is 0 Å². The first-order valence-electron chi connectivity index (χ1n) is 7.21. The molecule has 0 aliphatic carbocycles. The first-order chi connectivity index (χ1) is 11.7. The number of ether oxygens (including phenoxy) is 1. The van der Waals surface area contributed by atoms with Gasteiger partial charge in [-0.2, -0.15) is 0 Å². The van der Waals surface area contributed by atoms with E-state index in [0.29, 0.717) is 16.6 Å². The van der Waals surface area contributed by atoms with Crippen LogP contribution in [0.15, 0.2) is 53.7 Å². The molecule has 0 unspecified atom stereocenters. The molecule has 9 heteroatoms. The Morgan fingerprint density at radius 1 is 1.08 bits per heavy atom. The fourth-order valence-corrected chi connectivity index (χ4v) is 3.68. The highest BCUT2D eigenvalue weighted by Gasteiger charge is 2.32. The van der Waals surface area contributed by atoms with Crippen molar-refractivity contribution in [3.8, 4) is 5.75 Å². The van der Waals surface area contributed by atoms with Crippen molar-refractivity contribution in [2.45, 2.75) is 23.7 Å². The van der Waals surface area contributed by atoms with E-state index in [9.17, 15) is 21.6 Å². The number of imidazole rings is 1. The molecule has 0 fully saturated rings. The highest BCUT2D eigenvalue weighted by Crippen LogP contribution is 2.30. The van der Waals surface area contributed by atoms with Crippen LogP contribution < -0.4 is 4.74 Å². The number of H-pyrrole nitrogens is 1. The number of para-hydroxylation sites is 2. The summed E-state index contributed by atoms with van der Waals surface area (Å²) in [5.74, 6) is -0.412. The second kappa shape index (κ2) is 6.07. The van der Waals surface area contributed by atoms with E-state index in [-0.39, 0.29) is 5.16 Å². The first-order valence-corrected chi connectivity index (χ1v) is 8.76. The maximum atomic E-state index is 12.7. The second-order valence-electron chi connectivity index (χ2n) is 5.36. The lowest BCUT2D eigenvalue weighted by atomic mass is 10.2. The highest BCUT2D eigenvalue weighted by atomic mass is 32.2. The van der Waals surface area contributed by atoms with Crippen LogP contribution in [0.2, 0.25) is 0 Å². The molecule has 0 bridgehead atoms. The van der Waals surface area contributed by atoms with E-state index in [1.807, 2.05) is 0 Å². The van der Waals surface area contributed by atoms with Crippen LogP contribution in [0.25, 0.3) is 11.0 Å². The van der Waals surface area contributed by atoms with Crippen LogP contribution in [-0.2, 0) is 9.84 Å². The molecule has 1 aromatic heterocycles. The summed E-state index contributed by atoms with van der Waals surface area (Å²) >= 11 is 0. The molecule has 3 aromatic rings. The number of hydrogen-bond acceptors (Lipinski definition) is 4. The van der Waals surface area contributed by atoms with Gasteiger partial charge in [-0.25, -0.2) is 13.4 Å². The Morgan fingerprint density at radius 2 is 1.72 bits per heavy atom. The number of fused-ring (bicyclic) bond motifs is 1. The number of aromatic nitrogens is 2. The van der Waals surface area contributed by atoms with E-state index in [2.05, 4.69) is 14.7 Å². The molecular weight excluding hydrogens is 357 g/mol. The van der Waals surface area contributed by atoms with Gasteiger partial charge in [0.1, 0.15) is 5.75 Å². The zero-order valence-corrected chi connectivity index (χ0v) is 13.7. The maximum absolute atomic E-state index is 12.7. The van der Waals surface area contributed by atoms with E-state index in [1.54, 1.807) is 24.3 Å². The molecule has 2 aromatic carbocycles. The van der Waals surface area contributed by atoms with Gasteiger partial charge in [0.2, 0.25) is 15.0 Å². The quantitative estimate of drug-likeness (QED) is 0.754. The van der Waals surface area contributed by atoms with Crippen molar-refractivity contribution in [2.75, 3.05) is 0 Å². The third-order valence-electron chi connectivity index (χ3n) is 3.69. The average Bonchev–Trinajstić information content (AvgIpc) is 2.98. The SMILES string of the molecule is C[C@H](c1ccc(OC(F)(F)F)cc1)S(=O)(=O)c1nc2ccccc2[nH]1. The lowest BCUT2D eigenvalue weighted by molar-refractivity contribution is -0.274. The van der Waals surface area contributed by atoms with Gasteiger partial charge >= 0.3 is 6.36 Å². The van der Waals surface area contributed by atoms with Gasteiger partial charge < -0.3 is 9.72 Å². The van der Waals surface area contributed by atoms with Crippen molar-refractivity contribution >= 4 is 20.9 Å². The Balaban J connectivity index is 1.89. The summed E-state index contributed by atoms with van der Waals surface area (Å²) in [4.78, 5) is 6.84. The lowest BCUT2D eigenvalue weighted by Gasteiger charge is -2.13. The van der Waals surface area contributed by atoms with Gasteiger partial charge in [0.15, 0.2) is 0 Å². The Kier molecular flexibility index (Phi) is 4.19. The van der Waals surface area contributed by atoms with Crippen LogP contribution in [-0.4, -0.2) is 24.7 Å². The summed E-state index contributed by atoms with van der Waals surface area (Å²) in [5.41, 5.74) is 1.43. The van der Waals surface area contributed by atoms with Crippen molar-refractivity contribution < 1.29 is 26.3 Å². The van der Waals surface area contributed by atoms with Crippen LogP contribution >= 0.6 is 0 Å². The minimum Gasteiger partial charge on any atom is -0.406 e. The summed E-state index contributed by atoms with van der Waals surface area (Å²) in [7, 11) is -3.83. The molecule has 1 N–H and O–H groups in total. The molecule has 0 aliphatic rings. The van der Waals surface area contributed by atoms with Gasteiger partial charge in [-0.05, 0) is 36.8 Å². The number of nitrogens with zero attached hydrogens (tertiary/aromatic N) is 1. The van der Waals surface area contributed by atoms with Crippen LogP contribution in [0, 0.1) is 0 Å². The molecule has 1 atom stereocenters. The average molecular weight is 370 g/mol. The number of rotatable bonds is 4. The van der Waals surface area contributed by atoms with Crippen LogP contribution in [0.3, 0.4) is 0 Å². The van der Waals surface area contributed by atoms with E-state index < -0.39 is 27.2 Å². The van der Waals surface area contributed by atoms with Crippen LogP contribution in [0.4, 0.5) is 13.2 Å². The summed E-state index contributed by atoms with van der Waals surface area (Å²) in [5, 5.41) is -1.18. The van der Waals surface area contributed by atoms with Gasteiger partial charge in [0, 0.05) is 0 Å². The van der Waals surface area contributed by atoms with Gasteiger partial charge in [-0.3, -0.25) is 0 Å². The van der Waals surface area contributed by atoms with Crippen LogP contribution in [0.1, 0.15) is 17.7 Å². The number of aromatic amines is 1.